The molecule has 0 aromatic carbocycles. The zero-order valence-electron chi connectivity index (χ0n) is 16.4. The highest BCUT2D eigenvalue weighted by Crippen LogP contribution is 2.33. The average Bonchev–Trinajstić information content (AvgIpc) is 3.56. The molecular formula is C20H32IN5O. The van der Waals surface area contributed by atoms with Crippen LogP contribution in [0.4, 0.5) is 0 Å². The molecule has 2 aliphatic carbocycles. The first-order valence-electron chi connectivity index (χ1n) is 10.0. The number of hydrogen-bond donors (Lipinski definition) is 2. The number of nitrogens with one attached hydrogen (secondary N) is 2. The van der Waals surface area contributed by atoms with Crippen LogP contribution in [0.1, 0.15) is 44.6 Å². The van der Waals surface area contributed by atoms with E-state index in [0.717, 1.165) is 49.1 Å². The van der Waals surface area contributed by atoms with Crippen LogP contribution in [0, 0.1) is 5.92 Å². The van der Waals surface area contributed by atoms with Gasteiger partial charge in [-0.2, -0.15) is 0 Å². The molecule has 2 unspecified atom stereocenters. The van der Waals surface area contributed by atoms with Crippen molar-refractivity contribution in [3.05, 3.63) is 23.9 Å². The molecule has 0 radical (unpaired) electrons. The predicted molar refractivity (Wildman–Crippen MR) is 119 cm³/mol. The zero-order valence-corrected chi connectivity index (χ0v) is 18.7. The number of aromatic nitrogens is 1. The highest BCUT2D eigenvalue weighted by Gasteiger charge is 2.38. The molecule has 2 atom stereocenters. The maximum absolute atomic E-state index is 5.77. The first-order chi connectivity index (χ1) is 12.7. The third-order valence-electron chi connectivity index (χ3n) is 5.63. The second-order valence-electron chi connectivity index (χ2n) is 8.04. The molecule has 150 valence electrons. The van der Waals surface area contributed by atoms with Crippen molar-refractivity contribution in [2.24, 2.45) is 10.9 Å². The van der Waals surface area contributed by atoms with E-state index in [1.54, 1.807) is 0 Å². The summed E-state index contributed by atoms with van der Waals surface area (Å²) in [6.45, 7) is 4.98. The van der Waals surface area contributed by atoms with Crippen LogP contribution >= 0.6 is 24.0 Å². The van der Waals surface area contributed by atoms with Gasteiger partial charge in [-0.1, -0.05) is 0 Å². The summed E-state index contributed by atoms with van der Waals surface area (Å²) in [7, 11) is 1.84. The van der Waals surface area contributed by atoms with Gasteiger partial charge in [0.2, 0.25) is 5.88 Å². The molecule has 1 aliphatic heterocycles. The minimum Gasteiger partial charge on any atom is -0.477 e. The molecule has 4 rings (SSSR count). The van der Waals surface area contributed by atoms with Crippen molar-refractivity contribution in [3.63, 3.8) is 0 Å². The summed E-state index contributed by atoms with van der Waals surface area (Å²) >= 11 is 0. The van der Waals surface area contributed by atoms with Gasteiger partial charge < -0.3 is 15.4 Å². The monoisotopic (exact) mass is 485 g/mol. The van der Waals surface area contributed by atoms with E-state index in [0.29, 0.717) is 12.1 Å². The molecule has 3 aliphatic rings. The molecule has 0 bridgehead atoms. The summed E-state index contributed by atoms with van der Waals surface area (Å²) in [5.41, 5.74) is 1.16. The van der Waals surface area contributed by atoms with E-state index >= 15 is 0 Å². The van der Waals surface area contributed by atoms with Crippen molar-refractivity contribution < 1.29 is 4.74 Å². The van der Waals surface area contributed by atoms with Crippen molar-refractivity contribution in [2.75, 3.05) is 20.2 Å². The molecule has 3 fully saturated rings. The largest absolute Gasteiger partial charge is 0.477 e. The first-order valence-corrected chi connectivity index (χ1v) is 10.0. The predicted octanol–water partition coefficient (Wildman–Crippen LogP) is 2.78. The molecule has 6 nitrogen and oxygen atoms in total. The lowest BCUT2D eigenvalue weighted by molar-refractivity contribution is 0.256. The van der Waals surface area contributed by atoms with Gasteiger partial charge in [0.25, 0.3) is 0 Å². The van der Waals surface area contributed by atoms with E-state index in [2.05, 4.69) is 32.4 Å². The number of nitrogens with zero attached hydrogens (tertiary/aromatic N) is 3. The van der Waals surface area contributed by atoms with E-state index in [1.807, 2.05) is 25.4 Å². The number of hydrogen-bond acceptors (Lipinski definition) is 4. The van der Waals surface area contributed by atoms with Crippen LogP contribution in [0.3, 0.4) is 0 Å². The number of likely N-dealkylation sites (tertiary alicyclic amines) is 1. The molecule has 0 amide bonds. The van der Waals surface area contributed by atoms with Gasteiger partial charge in [-0.25, -0.2) is 4.98 Å². The van der Waals surface area contributed by atoms with Gasteiger partial charge in [0, 0.05) is 50.5 Å². The van der Waals surface area contributed by atoms with Crippen LogP contribution in [0.5, 0.6) is 5.88 Å². The summed E-state index contributed by atoms with van der Waals surface area (Å²) in [6, 6.07) is 6.03. The van der Waals surface area contributed by atoms with Gasteiger partial charge in [-0.05, 0) is 56.6 Å². The number of pyridine rings is 1. The van der Waals surface area contributed by atoms with Crippen LogP contribution < -0.4 is 15.4 Å². The SMILES string of the molecule is CN=C(NCc1ccnc(OCC2CC2)c1)NC1CC(C)N(C2CC2)C1.I. The van der Waals surface area contributed by atoms with E-state index in [-0.39, 0.29) is 24.0 Å². The molecule has 2 heterocycles. The fraction of sp³-hybridized carbons (Fsp3) is 0.700. The standard InChI is InChI=1S/C20H31N5O.HI/c1-14-9-17(12-25(14)18-5-6-18)24-20(21-2)23-11-16-7-8-22-19(10-16)26-13-15-3-4-15;/h7-8,10,14-15,17-18H,3-6,9,11-13H2,1-2H3,(H2,21,23,24);1H. The van der Waals surface area contributed by atoms with Gasteiger partial charge in [0.1, 0.15) is 0 Å². The highest BCUT2D eigenvalue weighted by molar-refractivity contribution is 14.0. The number of guanidine groups is 1. The lowest BCUT2D eigenvalue weighted by Crippen LogP contribution is -2.44. The van der Waals surface area contributed by atoms with Crippen molar-refractivity contribution in [1.82, 2.24) is 20.5 Å². The molecule has 27 heavy (non-hydrogen) atoms. The number of rotatable bonds is 7. The van der Waals surface area contributed by atoms with Crippen molar-refractivity contribution in [2.45, 2.75) is 63.7 Å². The first kappa shape index (κ1) is 20.6. The highest BCUT2D eigenvalue weighted by atomic mass is 127. The summed E-state index contributed by atoms with van der Waals surface area (Å²) in [4.78, 5) is 11.4. The normalized spacial score (nSPS) is 25.8. The maximum Gasteiger partial charge on any atom is 0.213 e. The Morgan fingerprint density at radius 2 is 2.15 bits per heavy atom. The molecule has 7 heteroatoms. The Morgan fingerprint density at radius 3 is 2.85 bits per heavy atom. The molecular weight excluding hydrogens is 453 g/mol. The summed E-state index contributed by atoms with van der Waals surface area (Å²) < 4.78 is 5.77. The number of ether oxygens (including phenoxy) is 1. The topological polar surface area (TPSA) is 61.8 Å². The smallest absolute Gasteiger partial charge is 0.213 e. The van der Waals surface area contributed by atoms with Crippen LogP contribution in [0.25, 0.3) is 0 Å². The Morgan fingerprint density at radius 1 is 1.33 bits per heavy atom. The quantitative estimate of drug-likeness (QED) is 0.354. The third kappa shape index (κ3) is 5.94. The Bertz CT molecular complexity index is 647. The fourth-order valence-electron chi connectivity index (χ4n) is 3.78. The fourth-order valence-corrected chi connectivity index (χ4v) is 3.78. The molecule has 1 saturated heterocycles. The second kappa shape index (κ2) is 9.41. The number of aliphatic imine (C=N–C) groups is 1. The van der Waals surface area contributed by atoms with E-state index in [9.17, 15) is 0 Å². The Hall–Kier alpha value is -1.09. The van der Waals surface area contributed by atoms with Crippen LogP contribution in [-0.4, -0.2) is 54.2 Å². The van der Waals surface area contributed by atoms with Gasteiger partial charge in [0.05, 0.1) is 6.61 Å². The Kier molecular flexibility index (Phi) is 7.19. The van der Waals surface area contributed by atoms with E-state index < -0.39 is 0 Å². The minimum absolute atomic E-state index is 0. The van der Waals surface area contributed by atoms with Crippen LogP contribution in [0.15, 0.2) is 23.3 Å². The zero-order chi connectivity index (χ0) is 17.9. The van der Waals surface area contributed by atoms with Gasteiger partial charge in [-0.15, -0.1) is 24.0 Å². The maximum atomic E-state index is 5.77. The van der Waals surface area contributed by atoms with Crippen molar-refractivity contribution in [1.29, 1.82) is 0 Å². The van der Waals surface area contributed by atoms with Crippen molar-refractivity contribution in [3.8, 4) is 5.88 Å². The summed E-state index contributed by atoms with van der Waals surface area (Å²) in [5, 5.41) is 7.02. The molecule has 1 aromatic heterocycles. The van der Waals surface area contributed by atoms with Gasteiger partial charge >= 0.3 is 0 Å². The van der Waals surface area contributed by atoms with Gasteiger partial charge in [0.15, 0.2) is 5.96 Å². The molecule has 0 spiro atoms. The van der Waals surface area contributed by atoms with E-state index in [4.69, 9.17) is 4.74 Å². The summed E-state index contributed by atoms with van der Waals surface area (Å²) in [5.74, 6) is 2.34. The van der Waals surface area contributed by atoms with Crippen molar-refractivity contribution >= 4 is 29.9 Å². The number of halogens is 1. The average molecular weight is 485 g/mol. The summed E-state index contributed by atoms with van der Waals surface area (Å²) in [6.07, 6.45) is 8.34. The Balaban J connectivity index is 0.00000210. The minimum atomic E-state index is 0. The third-order valence-corrected chi connectivity index (χ3v) is 5.63. The van der Waals surface area contributed by atoms with E-state index in [1.165, 1.54) is 32.1 Å². The second-order valence-corrected chi connectivity index (χ2v) is 8.04. The lowest BCUT2D eigenvalue weighted by atomic mass is 10.2. The van der Waals surface area contributed by atoms with Crippen LogP contribution in [0.2, 0.25) is 0 Å². The van der Waals surface area contributed by atoms with Crippen LogP contribution in [-0.2, 0) is 6.54 Å². The molecule has 2 saturated carbocycles. The Labute approximate surface area is 179 Å². The lowest BCUT2D eigenvalue weighted by Gasteiger charge is -2.20. The van der Waals surface area contributed by atoms with Gasteiger partial charge in [-0.3, -0.25) is 9.89 Å². The molecule has 2 N–H and O–H groups in total. The molecule has 1 aromatic rings.